The van der Waals surface area contributed by atoms with E-state index in [-0.39, 0.29) is 11.9 Å². The summed E-state index contributed by atoms with van der Waals surface area (Å²) in [5, 5.41) is 0.802. The number of hydrogen-bond donors (Lipinski definition) is 0. The van der Waals surface area contributed by atoms with Gasteiger partial charge in [-0.05, 0) is 76.1 Å². The molecule has 0 fully saturated rings. The minimum Gasteiger partial charge on any atom is -0.460 e. The highest BCUT2D eigenvalue weighted by atomic mass is 32.2. The largest absolute Gasteiger partial charge is 0.460 e. The first kappa shape index (κ1) is 22.0. The Labute approximate surface area is 179 Å². The van der Waals surface area contributed by atoms with Gasteiger partial charge in [-0.15, -0.1) is 0 Å². The van der Waals surface area contributed by atoms with Gasteiger partial charge in [0.05, 0.1) is 11.4 Å². The van der Waals surface area contributed by atoms with E-state index in [1.54, 1.807) is 18.5 Å². The Morgan fingerprint density at radius 1 is 1.07 bits per heavy atom. The van der Waals surface area contributed by atoms with Crippen LogP contribution in [-0.2, 0) is 20.3 Å². The van der Waals surface area contributed by atoms with E-state index in [4.69, 9.17) is 9.47 Å². The predicted molar refractivity (Wildman–Crippen MR) is 120 cm³/mol. The molecule has 2 unspecified atom stereocenters. The first-order valence-electron chi connectivity index (χ1n) is 9.78. The fourth-order valence-electron chi connectivity index (χ4n) is 3.07. The summed E-state index contributed by atoms with van der Waals surface area (Å²) in [5.41, 5.74) is 2.03. The van der Waals surface area contributed by atoms with Gasteiger partial charge in [0.15, 0.2) is 0 Å². The molecule has 30 heavy (non-hydrogen) atoms. The first-order valence-corrected chi connectivity index (χ1v) is 11.3. The summed E-state index contributed by atoms with van der Waals surface area (Å²) >= 11 is 0. The van der Waals surface area contributed by atoms with Crippen molar-refractivity contribution in [1.82, 2.24) is 4.98 Å². The van der Waals surface area contributed by atoms with Crippen LogP contribution in [-0.4, -0.2) is 27.0 Å². The lowest BCUT2D eigenvalue weighted by atomic mass is 9.98. The van der Waals surface area contributed by atoms with Gasteiger partial charge >= 0.3 is 5.97 Å². The molecule has 0 radical (unpaired) electrons. The van der Waals surface area contributed by atoms with Gasteiger partial charge in [0.1, 0.15) is 17.1 Å². The molecule has 0 amide bonds. The highest BCUT2D eigenvalue weighted by Gasteiger charge is 2.23. The fourth-order valence-corrected chi connectivity index (χ4v) is 3.61. The van der Waals surface area contributed by atoms with E-state index >= 15 is 0 Å². The van der Waals surface area contributed by atoms with Crippen LogP contribution in [0.4, 0.5) is 0 Å². The van der Waals surface area contributed by atoms with Gasteiger partial charge in [0, 0.05) is 33.5 Å². The van der Waals surface area contributed by atoms with Crippen molar-refractivity contribution in [2.75, 3.05) is 6.26 Å². The van der Waals surface area contributed by atoms with E-state index in [1.165, 1.54) is 0 Å². The topological polar surface area (TPSA) is 65.5 Å². The van der Waals surface area contributed by atoms with Gasteiger partial charge in [0.2, 0.25) is 0 Å². The zero-order valence-electron chi connectivity index (χ0n) is 18.2. The van der Waals surface area contributed by atoms with Crippen molar-refractivity contribution >= 4 is 27.7 Å². The Balaban J connectivity index is 1.89. The molecule has 1 aromatic heterocycles. The Morgan fingerprint density at radius 3 is 2.43 bits per heavy atom. The predicted octanol–water partition coefficient (Wildman–Crippen LogP) is 5.52. The minimum atomic E-state index is -1.09. The molecule has 0 N–H and O–H groups in total. The number of carbonyl (C=O) groups is 1. The molecular formula is C24H27NO4S. The zero-order chi connectivity index (χ0) is 22.1. The molecule has 0 aliphatic rings. The molecule has 3 aromatic rings. The van der Waals surface area contributed by atoms with Crippen LogP contribution < -0.4 is 4.74 Å². The molecule has 0 saturated heterocycles. The summed E-state index contributed by atoms with van der Waals surface area (Å²) in [5.74, 6) is 0.700. The molecule has 6 heteroatoms. The van der Waals surface area contributed by atoms with Gasteiger partial charge in [0.25, 0.3) is 0 Å². The number of carbonyl (C=O) groups excluding carboxylic acids is 1. The SMILES string of the molecule is Cc1cc(C(C)C(=O)OC(C)(C)C)ccc1Oc1ccnc2ccc(S(C)=O)cc12. The summed E-state index contributed by atoms with van der Waals surface area (Å²) in [6.45, 7) is 9.36. The van der Waals surface area contributed by atoms with Crippen LogP contribution in [0.1, 0.15) is 44.7 Å². The van der Waals surface area contributed by atoms with Crippen LogP contribution in [0, 0.1) is 6.92 Å². The van der Waals surface area contributed by atoms with E-state index in [0.717, 1.165) is 26.9 Å². The van der Waals surface area contributed by atoms with Crippen LogP contribution in [0.15, 0.2) is 53.6 Å². The molecule has 0 aliphatic heterocycles. The molecule has 0 spiro atoms. The van der Waals surface area contributed by atoms with Crippen LogP contribution in [0.2, 0.25) is 0 Å². The minimum absolute atomic E-state index is 0.254. The number of rotatable bonds is 5. The zero-order valence-corrected chi connectivity index (χ0v) is 19.0. The fraction of sp³-hybridized carbons (Fsp3) is 0.333. The highest BCUT2D eigenvalue weighted by Crippen LogP contribution is 2.33. The number of pyridine rings is 1. The lowest BCUT2D eigenvalue weighted by molar-refractivity contribution is -0.156. The second-order valence-corrected chi connectivity index (χ2v) is 9.70. The average Bonchev–Trinajstić information content (AvgIpc) is 2.67. The summed E-state index contributed by atoms with van der Waals surface area (Å²) in [6, 6.07) is 13.0. The van der Waals surface area contributed by atoms with E-state index in [9.17, 15) is 9.00 Å². The molecule has 1 heterocycles. The summed E-state index contributed by atoms with van der Waals surface area (Å²) in [6.07, 6.45) is 3.33. The van der Waals surface area contributed by atoms with Crippen molar-refractivity contribution < 1.29 is 18.5 Å². The standard InChI is InChI=1S/C24H27NO4S/c1-15-13-17(16(2)23(26)29-24(3,4)5)7-10-21(15)28-22-11-12-25-20-9-8-18(30(6)27)14-19(20)22/h7-14,16H,1-6H3. The van der Waals surface area contributed by atoms with Crippen molar-refractivity contribution in [2.24, 2.45) is 0 Å². The number of fused-ring (bicyclic) bond motifs is 1. The number of aromatic nitrogens is 1. The molecule has 158 valence electrons. The highest BCUT2D eigenvalue weighted by molar-refractivity contribution is 7.84. The second-order valence-electron chi connectivity index (χ2n) is 8.32. The number of hydrogen-bond acceptors (Lipinski definition) is 5. The first-order chi connectivity index (χ1) is 14.0. The van der Waals surface area contributed by atoms with Gasteiger partial charge in [-0.1, -0.05) is 12.1 Å². The maximum atomic E-state index is 12.4. The molecule has 3 rings (SSSR count). The Bertz CT molecular complexity index is 1120. The van der Waals surface area contributed by atoms with E-state index in [1.807, 2.05) is 71.0 Å². The lowest BCUT2D eigenvalue weighted by Gasteiger charge is -2.22. The van der Waals surface area contributed by atoms with Crippen molar-refractivity contribution in [3.8, 4) is 11.5 Å². The summed E-state index contributed by atoms with van der Waals surface area (Å²) < 4.78 is 23.5. The molecule has 2 aromatic carbocycles. The number of nitrogens with zero attached hydrogens (tertiary/aromatic N) is 1. The normalized spacial score (nSPS) is 13.7. The third-order valence-corrected chi connectivity index (χ3v) is 5.60. The quantitative estimate of drug-likeness (QED) is 0.504. The Morgan fingerprint density at radius 2 is 1.80 bits per heavy atom. The van der Waals surface area contributed by atoms with Gasteiger partial charge in [-0.3, -0.25) is 14.0 Å². The number of aryl methyl sites for hydroxylation is 1. The number of benzene rings is 2. The molecule has 2 atom stereocenters. The number of ether oxygens (including phenoxy) is 2. The maximum absolute atomic E-state index is 12.4. The number of esters is 1. The van der Waals surface area contributed by atoms with Gasteiger partial charge < -0.3 is 9.47 Å². The van der Waals surface area contributed by atoms with E-state index in [2.05, 4.69) is 4.98 Å². The summed E-state index contributed by atoms with van der Waals surface area (Å²) in [7, 11) is -1.09. The van der Waals surface area contributed by atoms with Crippen LogP contribution >= 0.6 is 0 Å². The summed E-state index contributed by atoms with van der Waals surface area (Å²) in [4.78, 5) is 17.5. The molecule has 0 bridgehead atoms. The van der Waals surface area contributed by atoms with Crippen LogP contribution in [0.25, 0.3) is 10.9 Å². The monoisotopic (exact) mass is 425 g/mol. The third-order valence-electron chi connectivity index (χ3n) is 4.68. The Kier molecular flexibility index (Phi) is 6.27. The van der Waals surface area contributed by atoms with E-state index < -0.39 is 16.4 Å². The third kappa shape index (κ3) is 5.05. The maximum Gasteiger partial charge on any atom is 0.313 e. The van der Waals surface area contributed by atoms with Crippen LogP contribution in [0.5, 0.6) is 11.5 Å². The van der Waals surface area contributed by atoms with Gasteiger partial charge in [-0.2, -0.15) is 0 Å². The van der Waals surface area contributed by atoms with Crippen molar-refractivity contribution in [3.05, 3.63) is 59.8 Å². The second kappa shape index (κ2) is 8.56. The lowest BCUT2D eigenvalue weighted by Crippen LogP contribution is -2.26. The molecular weight excluding hydrogens is 398 g/mol. The van der Waals surface area contributed by atoms with Gasteiger partial charge in [-0.25, -0.2) is 0 Å². The van der Waals surface area contributed by atoms with Crippen LogP contribution in [0.3, 0.4) is 0 Å². The smallest absolute Gasteiger partial charge is 0.313 e. The Hall–Kier alpha value is -2.73. The molecule has 5 nitrogen and oxygen atoms in total. The van der Waals surface area contributed by atoms with Crippen molar-refractivity contribution in [2.45, 2.75) is 51.0 Å². The average molecular weight is 426 g/mol. The van der Waals surface area contributed by atoms with Crippen molar-refractivity contribution in [1.29, 1.82) is 0 Å². The van der Waals surface area contributed by atoms with E-state index in [0.29, 0.717) is 11.5 Å². The van der Waals surface area contributed by atoms with Crippen molar-refractivity contribution in [3.63, 3.8) is 0 Å². The molecule has 0 aliphatic carbocycles. The molecule has 0 saturated carbocycles.